The molecule has 4 heteroatoms. The number of rotatable bonds is 2. The number of aliphatic hydroxyl groups excluding tert-OH is 1. The first-order chi connectivity index (χ1) is 3.77. The molecule has 0 fully saturated rings. The van der Waals surface area contributed by atoms with Gasteiger partial charge < -0.3 is 10.4 Å². The number of thiocarbonyl (C=S) groups is 1. The predicted molar refractivity (Wildman–Crippen MR) is 41.4 cm³/mol. The fourth-order valence-corrected chi connectivity index (χ4v) is 0.374. The van der Waals surface area contributed by atoms with Gasteiger partial charge in [-0.15, -0.1) is 12.6 Å². The Kier molecular flexibility index (Phi) is 4.79. The molecule has 0 bridgehead atoms. The van der Waals surface area contributed by atoms with Crippen LogP contribution < -0.4 is 5.32 Å². The number of hydrogen-bond donors (Lipinski definition) is 3. The summed E-state index contributed by atoms with van der Waals surface area (Å²) in [5.74, 6) is 0. The molecule has 0 aromatic heterocycles. The van der Waals surface area contributed by atoms with Crippen molar-refractivity contribution in [3.05, 3.63) is 12.3 Å². The van der Waals surface area contributed by atoms with Gasteiger partial charge in [-0.05, 0) is 6.08 Å². The van der Waals surface area contributed by atoms with Crippen LogP contribution in [-0.4, -0.2) is 16.0 Å². The summed E-state index contributed by atoms with van der Waals surface area (Å²) >= 11 is 8.32. The number of hydrogen-bond acceptors (Lipinski definition) is 2. The molecule has 2 N–H and O–H groups in total. The van der Waals surface area contributed by atoms with Gasteiger partial charge in [0.1, 0.15) is 4.32 Å². The molecule has 0 radical (unpaired) electrons. The van der Waals surface area contributed by atoms with E-state index in [0.29, 0.717) is 10.9 Å². The molecule has 0 heterocycles. The smallest absolute Gasteiger partial charge is 0.130 e. The van der Waals surface area contributed by atoms with E-state index in [2.05, 4.69) is 30.2 Å². The van der Waals surface area contributed by atoms with Crippen molar-refractivity contribution in [2.24, 2.45) is 0 Å². The summed E-state index contributed by atoms with van der Waals surface area (Å²) in [4.78, 5) is 0. The van der Waals surface area contributed by atoms with Gasteiger partial charge in [-0.3, -0.25) is 0 Å². The molecule has 0 aromatic carbocycles. The van der Waals surface area contributed by atoms with E-state index in [-0.39, 0.29) is 0 Å². The Hall–Kier alpha value is -0.220. The zero-order valence-electron chi connectivity index (χ0n) is 4.16. The van der Waals surface area contributed by atoms with E-state index in [0.717, 1.165) is 6.26 Å². The van der Waals surface area contributed by atoms with E-state index in [9.17, 15) is 0 Å². The molecule has 0 spiro atoms. The summed E-state index contributed by atoms with van der Waals surface area (Å²) in [5.41, 5.74) is 0. The molecule has 0 aliphatic rings. The summed E-state index contributed by atoms with van der Waals surface area (Å²) in [7, 11) is 0. The first kappa shape index (κ1) is 7.78. The number of aliphatic hydroxyl groups is 1. The van der Waals surface area contributed by atoms with Gasteiger partial charge in [0, 0.05) is 6.54 Å². The highest BCUT2D eigenvalue weighted by atomic mass is 32.1. The predicted octanol–water partition coefficient (Wildman–Crippen LogP) is 0.862. The van der Waals surface area contributed by atoms with Crippen molar-refractivity contribution in [2.75, 3.05) is 6.54 Å². The number of thiol groups is 1. The molecule has 0 aliphatic carbocycles. The zero-order chi connectivity index (χ0) is 6.41. The van der Waals surface area contributed by atoms with Crippen LogP contribution in [0.3, 0.4) is 0 Å². The van der Waals surface area contributed by atoms with E-state index in [1.54, 1.807) is 0 Å². The Bertz CT molecular complexity index is 102. The molecule has 0 aliphatic heterocycles. The average molecular weight is 149 g/mol. The lowest BCUT2D eigenvalue weighted by molar-refractivity contribution is 0.471. The second-order valence-corrected chi connectivity index (χ2v) is 2.23. The molecule has 0 aromatic rings. The fourth-order valence-electron chi connectivity index (χ4n) is 0.199. The lowest BCUT2D eigenvalue weighted by Gasteiger charge is -1.93. The maximum Gasteiger partial charge on any atom is 0.130 e. The maximum atomic E-state index is 8.09. The van der Waals surface area contributed by atoms with E-state index in [1.807, 2.05) is 0 Å². The minimum Gasteiger partial charge on any atom is -0.516 e. The molecule has 0 amide bonds. The zero-order valence-corrected chi connectivity index (χ0v) is 5.88. The Morgan fingerprint density at radius 2 is 2.50 bits per heavy atom. The van der Waals surface area contributed by atoms with Crippen molar-refractivity contribution in [3.63, 3.8) is 0 Å². The quantitative estimate of drug-likeness (QED) is 0.309. The summed E-state index contributed by atoms with van der Waals surface area (Å²) in [6.45, 7) is 0.527. The molecule has 8 heavy (non-hydrogen) atoms. The van der Waals surface area contributed by atoms with Crippen LogP contribution in [0, 0.1) is 0 Å². The molecule has 2 nitrogen and oxygen atoms in total. The molecular weight excluding hydrogens is 142 g/mol. The standard InChI is InChI=1S/C4H7NOS2/c6-3-1-2-5-4(7)8/h1,3,6H,2H2,(H2,5,7,8). The Morgan fingerprint density at radius 3 is 2.88 bits per heavy atom. The van der Waals surface area contributed by atoms with Gasteiger partial charge in [0.25, 0.3) is 0 Å². The van der Waals surface area contributed by atoms with Crippen LogP contribution in [0.1, 0.15) is 0 Å². The SMILES string of the molecule is OC=CCNC(=S)S. The van der Waals surface area contributed by atoms with Crippen molar-refractivity contribution < 1.29 is 5.11 Å². The first-order valence-electron chi connectivity index (χ1n) is 2.03. The lowest BCUT2D eigenvalue weighted by Crippen LogP contribution is -2.15. The third kappa shape index (κ3) is 5.78. The van der Waals surface area contributed by atoms with Crippen LogP contribution in [0.2, 0.25) is 0 Å². The van der Waals surface area contributed by atoms with Crippen LogP contribution in [0.25, 0.3) is 0 Å². The summed E-state index contributed by atoms with van der Waals surface area (Å²) < 4.78 is 0.433. The van der Waals surface area contributed by atoms with Crippen molar-refractivity contribution in [2.45, 2.75) is 0 Å². The van der Waals surface area contributed by atoms with E-state index >= 15 is 0 Å². The largest absolute Gasteiger partial charge is 0.516 e. The van der Waals surface area contributed by atoms with Crippen LogP contribution in [-0.2, 0) is 0 Å². The van der Waals surface area contributed by atoms with Gasteiger partial charge in [0.2, 0.25) is 0 Å². The molecular formula is C4H7NOS2. The van der Waals surface area contributed by atoms with Crippen LogP contribution in [0.5, 0.6) is 0 Å². The van der Waals surface area contributed by atoms with Gasteiger partial charge in [-0.25, -0.2) is 0 Å². The van der Waals surface area contributed by atoms with Crippen molar-refractivity contribution in [3.8, 4) is 0 Å². The Balaban J connectivity index is 3.05. The molecule has 46 valence electrons. The summed E-state index contributed by atoms with van der Waals surface area (Å²) in [6, 6.07) is 0. The van der Waals surface area contributed by atoms with Gasteiger partial charge >= 0.3 is 0 Å². The minimum absolute atomic E-state index is 0.433. The van der Waals surface area contributed by atoms with Gasteiger partial charge in [0.15, 0.2) is 0 Å². The summed E-state index contributed by atoms with van der Waals surface area (Å²) in [5, 5.41) is 10.8. The van der Waals surface area contributed by atoms with Crippen molar-refractivity contribution in [1.82, 2.24) is 5.32 Å². The highest BCUT2D eigenvalue weighted by Gasteiger charge is 1.78. The third-order valence-corrected chi connectivity index (χ3v) is 0.779. The monoisotopic (exact) mass is 149 g/mol. The average Bonchev–Trinajstić information content (AvgIpc) is 1.66. The Morgan fingerprint density at radius 1 is 1.88 bits per heavy atom. The fraction of sp³-hybridized carbons (Fsp3) is 0.250. The summed E-state index contributed by atoms with van der Waals surface area (Å²) in [6.07, 6.45) is 2.49. The van der Waals surface area contributed by atoms with Crippen molar-refractivity contribution >= 4 is 29.2 Å². The van der Waals surface area contributed by atoms with Crippen LogP contribution >= 0.6 is 24.8 Å². The van der Waals surface area contributed by atoms with Gasteiger partial charge in [-0.1, -0.05) is 12.2 Å². The lowest BCUT2D eigenvalue weighted by atomic mass is 10.6. The third-order valence-electron chi connectivity index (χ3n) is 0.477. The first-order valence-corrected chi connectivity index (χ1v) is 2.89. The van der Waals surface area contributed by atoms with E-state index in [4.69, 9.17) is 5.11 Å². The maximum absolute atomic E-state index is 8.09. The van der Waals surface area contributed by atoms with Gasteiger partial charge in [0.05, 0.1) is 6.26 Å². The second-order valence-electron chi connectivity index (χ2n) is 1.07. The number of nitrogens with one attached hydrogen (secondary N) is 1. The molecule has 0 rings (SSSR count). The van der Waals surface area contributed by atoms with Crippen LogP contribution in [0.15, 0.2) is 12.3 Å². The molecule has 0 saturated carbocycles. The molecule has 0 saturated heterocycles. The van der Waals surface area contributed by atoms with Crippen LogP contribution in [0.4, 0.5) is 0 Å². The normalized spacial score (nSPS) is 9.62. The highest BCUT2D eigenvalue weighted by molar-refractivity contribution is 8.11. The van der Waals surface area contributed by atoms with Crippen molar-refractivity contribution in [1.29, 1.82) is 0 Å². The minimum atomic E-state index is 0.433. The molecule has 0 atom stereocenters. The van der Waals surface area contributed by atoms with Gasteiger partial charge in [-0.2, -0.15) is 0 Å². The van der Waals surface area contributed by atoms with E-state index < -0.39 is 0 Å². The topological polar surface area (TPSA) is 32.3 Å². The highest BCUT2D eigenvalue weighted by Crippen LogP contribution is 1.75. The van der Waals surface area contributed by atoms with E-state index in [1.165, 1.54) is 6.08 Å². The molecule has 0 unspecified atom stereocenters. The Labute approximate surface area is 59.0 Å². The second kappa shape index (κ2) is 4.93.